The van der Waals surface area contributed by atoms with E-state index >= 15 is 0 Å². The molecule has 0 aliphatic rings. The van der Waals surface area contributed by atoms with Crippen LogP contribution in [0, 0.1) is 0 Å². The van der Waals surface area contributed by atoms with Crippen LogP contribution >= 0.6 is 27.3 Å². The van der Waals surface area contributed by atoms with Gasteiger partial charge in [0.2, 0.25) is 0 Å². The molecule has 5 heteroatoms. The van der Waals surface area contributed by atoms with Crippen LogP contribution in [0.15, 0.2) is 15.9 Å². The summed E-state index contributed by atoms with van der Waals surface area (Å²) in [4.78, 5) is 1.18. The summed E-state index contributed by atoms with van der Waals surface area (Å²) >= 11 is 5.13. The molecule has 1 unspecified atom stereocenters. The molecule has 0 spiro atoms. The van der Waals surface area contributed by atoms with E-state index in [9.17, 15) is 5.11 Å². The van der Waals surface area contributed by atoms with E-state index in [0.29, 0.717) is 19.6 Å². The van der Waals surface area contributed by atoms with E-state index < -0.39 is 5.60 Å². The third kappa shape index (κ3) is 4.93. The Hall–Kier alpha value is 0.0600. The van der Waals surface area contributed by atoms with Crippen molar-refractivity contribution in [2.75, 3.05) is 26.8 Å². The highest BCUT2D eigenvalue weighted by molar-refractivity contribution is 9.10. The van der Waals surface area contributed by atoms with Crippen molar-refractivity contribution in [3.8, 4) is 0 Å². The Balaban J connectivity index is 2.36. The van der Waals surface area contributed by atoms with E-state index in [4.69, 9.17) is 4.74 Å². The Morgan fingerprint density at radius 1 is 1.62 bits per heavy atom. The molecular weight excluding hydrogens is 290 g/mol. The SMILES string of the molecule is COCCNCC(C)(O)Cc1sccc1Br. The molecule has 1 atom stereocenters. The van der Waals surface area contributed by atoms with Crippen molar-refractivity contribution in [2.24, 2.45) is 0 Å². The summed E-state index contributed by atoms with van der Waals surface area (Å²) in [6.07, 6.45) is 0.658. The standard InChI is InChI=1S/C11H18BrNO2S/c1-11(14,8-13-4-5-15-2)7-10-9(12)3-6-16-10/h3,6,13-14H,4-5,7-8H2,1-2H3. The monoisotopic (exact) mass is 307 g/mol. The number of rotatable bonds is 7. The number of hydrogen-bond acceptors (Lipinski definition) is 4. The number of hydrogen-bond donors (Lipinski definition) is 2. The smallest absolute Gasteiger partial charge is 0.0791 e. The first-order valence-corrected chi connectivity index (χ1v) is 6.86. The molecule has 16 heavy (non-hydrogen) atoms. The van der Waals surface area contributed by atoms with Crippen LogP contribution in [0.3, 0.4) is 0 Å². The highest BCUT2D eigenvalue weighted by Gasteiger charge is 2.22. The van der Waals surface area contributed by atoms with Gasteiger partial charge in [-0.05, 0) is 34.3 Å². The average molecular weight is 308 g/mol. The van der Waals surface area contributed by atoms with Crippen molar-refractivity contribution in [3.05, 3.63) is 20.8 Å². The minimum atomic E-state index is -0.721. The molecular formula is C11H18BrNO2S. The minimum absolute atomic E-state index is 0.570. The molecule has 0 saturated carbocycles. The fraction of sp³-hybridized carbons (Fsp3) is 0.636. The lowest BCUT2D eigenvalue weighted by molar-refractivity contribution is 0.0588. The van der Waals surface area contributed by atoms with E-state index in [1.165, 1.54) is 4.88 Å². The third-order valence-electron chi connectivity index (χ3n) is 2.22. The van der Waals surface area contributed by atoms with Gasteiger partial charge in [-0.1, -0.05) is 0 Å². The Morgan fingerprint density at radius 2 is 2.38 bits per heavy atom. The van der Waals surface area contributed by atoms with Crippen LogP contribution in [0.4, 0.5) is 0 Å². The Labute approximate surface area is 109 Å². The zero-order valence-corrected chi connectivity index (χ0v) is 12.0. The first-order chi connectivity index (χ1) is 7.55. The molecule has 0 bridgehead atoms. The van der Waals surface area contributed by atoms with E-state index in [1.54, 1.807) is 18.4 Å². The fourth-order valence-corrected chi connectivity index (χ4v) is 3.06. The predicted molar refractivity (Wildman–Crippen MR) is 71.1 cm³/mol. The molecule has 92 valence electrons. The summed E-state index contributed by atoms with van der Waals surface area (Å²) in [7, 11) is 1.67. The molecule has 0 radical (unpaired) electrons. The van der Waals surface area contributed by atoms with Crippen molar-refractivity contribution in [1.29, 1.82) is 0 Å². The predicted octanol–water partition coefficient (Wildman–Crippen LogP) is 2.04. The van der Waals surface area contributed by atoms with Gasteiger partial charge >= 0.3 is 0 Å². The van der Waals surface area contributed by atoms with Gasteiger partial charge in [-0.3, -0.25) is 0 Å². The van der Waals surface area contributed by atoms with Crippen molar-refractivity contribution >= 4 is 27.3 Å². The van der Waals surface area contributed by atoms with Crippen LogP contribution < -0.4 is 5.32 Å². The molecule has 0 aromatic carbocycles. The van der Waals surface area contributed by atoms with Gasteiger partial charge in [-0.25, -0.2) is 0 Å². The highest BCUT2D eigenvalue weighted by Crippen LogP contribution is 2.26. The van der Waals surface area contributed by atoms with Crippen molar-refractivity contribution < 1.29 is 9.84 Å². The molecule has 1 rings (SSSR count). The topological polar surface area (TPSA) is 41.5 Å². The number of halogens is 1. The van der Waals surface area contributed by atoms with E-state index in [2.05, 4.69) is 21.2 Å². The van der Waals surface area contributed by atoms with Gasteiger partial charge in [0.15, 0.2) is 0 Å². The Bertz CT molecular complexity index is 315. The Kier molecular flexibility index (Phi) is 5.92. The summed E-state index contributed by atoms with van der Waals surface area (Å²) in [6.45, 7) is 3.84. The molecule has 0 saturated heterocycles. The van der Waals surface area contributed by atoms with E-state index in [-0.39, 0.29) is 0 Å². The second kappa shape index (κ2) is 6.71. The molecule has 2 N–H and O–H groups in total. The summed E-state index contributed by atoms with van der Waals surface area (Å²) < 4.78 is 6.01. The number of methoxy groups -OCH3 is 1. The van der Waals surface area contributed by atoms with Gasteiger partial charge in [0.25, 0.3) is 0 Å². The Morgan fingerprint density at radius 3 is 2.94 bits per heavy atom. The number of nitrogens with one attached hydrogen (secondary N) is 1. The first-order valence-electron chi connectivity index (χ1n) is 5.19. The quantitative estimate of drug-likeness (QED) is 0.758. The second-order valence-electron chi connectivity index (χ2n) is 4.04. The van der Waals surface area contributed by atoms with Gasteiger partial charge < -0.3 is 15.2 Å². The van der Waals surface area contributed by atoms with E-state index in [0.717, 1.165) is 11.0 Å². The second-order valence-corrected chi connectivity index (χ2v) is 5.89. The maximum Gasteiger partial charge on any atom is 0.0791 e. The van der Waals surface area contributed by atoms with Crippen LogP contribution in [0.5, 0.6) is 0 Å². The van der Waals surface area contributed by atoms with Crippen LogP contribution in [0.2, 0.25) is 0 Å². The van der Waals surface area contributed by atoms with Gasteiger partial charge in [0.05, 0.1) is 12.2 Å². The lowest BCUT2D eigenvalue weighted by atomic mass is 10.0. The third-order valence-corrected chi connectivity index (χ3v) is 4.15. The van der Waals surface area contributed by atoms with Gasteiger partial charge in [0.1, 0.15) is 0 Å². The molecule has 3 nitrogen and oxygen atoms in total. The summed E-state index contributed by atoms with van der Waals surface area (Å²) in [5.74, 6) is 0. The highest BCUT2D eigenvalue weighted by atomic mass is 79.9. The zero-order chi connectivity index (χ0) is 12.0. The van der Waals surface area contributed by atoms with Crippen LogP contribution in [-0.2, 0) is 11.2 Å². The molecule has 0 aliphatic heterocycles. The summed E-state index contributed by atoms with van der Waals surface area (Å²) in [6, 6.07) is 2.01. The molecule has 1 heterocycles. The van der Waals surface area contributed by atoms with Crippen molar-refractivity contribution in [1.82, 2.24) is 5.32 Å². The summed E-state index contributed by atoms with van der Waals surface area (Å²) in [5.41, 5.74) is -0.721. The van der Waals surface area contributed by atoms with Crippen LogP contribution in [0.25, 0.3) is 0 Å². The van der Waals surface area contributed by atoms with Crippen molar-refractivity contribution in [3.63, 3.8) is 0 Å². The average Bonchev–Trinajstić information content (AvgIpc) is 2.59. The number of aliphatic hydroxyl groups is 1. The molecule has 0 aliphatic carbocycles. The van der Waals surface area contributed by atoms with Gasteiger partial charge in [0, 0.05) is 36.0 Å². The normalized spacial score (nSPS) is 15.0. The lowest BCUT2D eigenvalue weighted by Gasteiger charge is -2.23. The largest absolute Gasteiger partial charge is 0.388 e. The minimum Gasteiger partial charge on any atom is -0.388 e. The molecule has 0 fully saturated rings. The first kappa shape index (κ1) is 14.1. The lowest BCUT2D eigenvalue weighted by Crippen LogP contribution is -2.40. The van der Waals surface area contributed by atoms with Crippen LogP contribution in [-0.4, -0.2) is 37.5 Å². The van der Waals surface area contributed by atoms with Gasteiger partial charge in [-0.15, -0.1) is 11.3 Å². The maximum atomic E-state index is 10.2. The fourth-order valence-electron chi connectivity index (χ4n) is 1.39. The number of ether oxygens (including phenoxy) is 1. The summed E-state index contributed by atoms with van der Waals surface area (Å²) in [5, 5.41) is 15.4. The zero-order valence-electron chi connectivity index (χ0n) is 9.62. The molecule has 0 amide bonds. The van der Waals surface area contributed by atoms with E-state index in [1.807, 2.05) is 18.4 Å². The number of thiophene rings is 1. The molecule has 1 aromatic heterocycles. The van der Waals surface area contributed by atoms with Crippen molar-refractivity contribution in [2.45, 2.75) is 18.9 Å². The maximum absolute atomic E-state index is 10.2. The van der Waals surface area contributed by atoms with Gasteiger partial charge in [-0.2, -0.15) is 0 Å². The van der Waals surface area contributed by atoms with Crippen LogP contribution in [0.1, 0.15) is 11.8 Å². The molecule has 1 aromatic rings.